The van der Waals surface area contributed by atoms with Crippen molar-refractivity contribution in [3.8, 4) is 5.75 Å². The number of fused-ring (bicyclic) bond motifs is 1. The van der Waals surface area contributed by atoms with Crippen molar-refractivity contribution in [1.82, 2.24) is 9.88 Å². The van der Waals surface area contributed by atoms with Crippen molar-refractivity contribution in [3.63, 3.8) is 0 Å². The third kappa shape index (κ3) is 3.07. The van der Waals surface area contributed by atoms with E-state index in [4.69, 9.17) is 14.2 Å². The number of pyridine rings is 1. The maximum atomic E-state index is 12.3. The van der Waals surface area contributed by atoms with Crippen molar-refractivity contribution in [1.29, 1.82) is 0 Å². The van der Waals surface area contributed by atoms with Crippen LogP contribution < -0.4 is 4.74 Å². The molecule has 126 valence electrons. The maximum Gasteiger partial charge on any atom is 0.260 e. The highest BCUT2D eigenvalue weighted by molar-refractivity contribution is 5.80. The van der Waals surface area contributed by atoms with Crippen molar-refractivity contribution in [2.24, 2.45) is 0 Å². The van der Waals surface area contributed by atoms with Gasteiger partial charge in [0, 0.05) is 37.5 Å². The molecule has 0 saturated carbocycles. The van der Waals surface area contributed by atoms with E-state index in [1.807, 2.05) is 35.2 Å². The van der Waals surface area contributed by atoms with E-state index in [9.17, 15) is 4.79 Å². The number of aromatic nitrogens is 1. The molecule has 6 heteroatoms. The first-order valence-electron chi connectivity index (χ1n) is 8.27. The van der Waals surface area contributed by atoms with Crippen LogP contribution in [-0.2, 0) is 14.3 Å². The Kier molecular flexibility index (Phi) is 4.08. The molecular formula is C18H20N2O4. The lowest BCUT2D eigenvalue weighted by atomic mass is 10.0. The highest BCUT2D eigenvalue weighted by atomic mass is 16.7. The number of likely N-dealkylation sites (tertiary alicyclic amines) is 1. The number of carbonyl (C=O) groups excluding carboxylic acids is 1. The fraction of sp³-hybridized carbons (Fsp3) is 0.444. The van der Waals surface area contributed by atoms with Crippen LogP contribution in [0.15, 0.2) is 36.5 Å². The highest BCUT2D eigenvalue weighted by Gasteiger charge is 2.40. The lowest BCUT2D eigenvalue weighted by molar-refractivity contribution is -0.187. The van der Waals surface area contributed by atoms with Gasteiger partial charge in [-0.2, -0.15) is 0 Å². The molecule has 0 bridgehead atoms. The molecule has 0 N–H and O–H groups in total. The Balaban J connectivity index is 1.33. The Morgan fingerprint density at radius 2 is 2.00 bits per heavy atom. The van der Waals surface area contributed by atoms with Gasteiger partial charge in [0.1, 0.15) is 5.75 Å². The molecule has 2 fully saturated rings. The van der Waals surface area contributed by atoms with E-state index in [0.29, 0.717) is 32.1 Å². The first kappa shape index (κ1) is 15.4. The topological polar surface area (TPSA) is 60.9 Å². The molecule has 2 aromatic rings. The van der Waals surface area contributed by atoms with Crippen LogP contribution >= 0.6 is 0 Å². The Hall–Kier alpha value is -2.18. The van der Waals surface area contributed by atoms with Crippen LogP contribution in [0, 0.1) is 0 Å². The predicted molar refractivity (Wildman–Crippen MR) is 87.7 cm³/mol. The van der Waals surface area contributed by atoms with E-state index in [1.165, 1.54) is 0 Å². The number of benzene rings is 1. The predicted octanol–water partition coefficient (Wildman–Crippen LogP) is 1.98. The molecule has 0 aliphatic carbocycles. The summed E-state index contributed by atoms with van der Waals surface area (Å²) in [5.41, 5.74) is 0.911. The van der Waals surface area contributed by atoms with Gasteiger partial charge in [-0.15, -0.1) is 0 Å². The number of nitrogens with zero attached hydrogens (tertiary/aromatic N) is 2. The van der Waals surface area contributed by atoms with Crippen molar-refractivity contribution in [3.05, 3.63) is 36.5 Å². The van der Waals surface area contributed by atoms with Gasteiger partial charge in [-0.05, 0) is 24.3 Å². The van der Waals surface area contributed by atoms with E-state index in [2.05, 4.69) is 4.98 Å². The summed E-state index contributed by atoms with van der Waals surface area (Å²) in [7, 11) is 0. The molecular weight excluding hydrogens is 308 g/mol. The van der Waals surface area contributed by atoms with E-state index >= 15 is 0 Å². The largest absolute Gasteiger partial charge is 0.484 e. The van der Waals surface area contributed by atoms with Crippen LogP contribution in [0.4, 0.5) is 0 Å². The molecule has 1 amide bonds. The molecule has 0 radical (unpaired) electrons. The monoisotopic (exact) mass is 328 g/mol. The molecule has 3 heterocycles. The first-order valence-corrected chi connectivity index (χ1v) is 8.27. The van der Waals surface area contributed by atoms with Crippen molar-refractivity contribution >= 4 is 16.8 Å². The average molecular weight is 328 g/mol. The SMILES string of the molecule is O=C(COc1ccc2ncccc2c1)N1CCC2(CC1)OCCO2. The smallest absolute Gasteiger partial charge is 0.260 e. The average Bonchev–Trinajstić information content (AvgIpc) is 3.08. The summed E-state index contributed by atoms with van der Waals surface area (Å²) >= 11 is 0. The van der Waals surface area contributed by atoms with Gasteiger partial charge < -0.3 is 19.1 Å². The first-order chi connectivity index (χ1) is 11.7. The fourth-order valence-corrected chi connectivity index (χ4v) is 3.26. The summed E-state index contributed by atoms with van der Waals surface area (Å²) in [6.07, 6.45) is 3.20. The second-order valence-electron chi connectivity index (χ2n) is 6.13. The molecule has 4 rings (SSSR count). The molecule has 1 aromatic carbocycles. The zero-order valence-corrected chi connectivity index (χ0v) is 13.4. The van der Waals surface area contributed by atoms with Crippen molar-refractivity contribution in [2.75, 3.05) is 32.9 Å². The summed E-state index contributed by atoms with van der Waals surface area (Å²) in [5.74, 6) is 0.220. The molecule has 2 saturated heterocycles. The molecule has 24 heavy (non-hydrogen) atoms. The van der Waals surface area contributed by atoms with Crippen LogP contribution in [-0.4, -0.2) is 54.5 Å². The minimum atomic E-state index is -0.455. The van der Waals surface area contributed by atoms with Gasteiger partial charge in [0.25, 0.3) is 5.91 Å². The van der Waals surface area contributed by atoms with Crippen molar-refractivity contribution < 1.29 is 19.0 Å². The van der Waals surface area contributed by atoms with Gasteiger partial charge in [-0.3, -0.25) is 9.78 Å². The second-order valence-corrected chi connectivity index (χ2v) is 6.13. The summed E-state index contributed by atoms with van der Waals surface area (Å²) in [6, 6.07) is 9.50. The minimum absolute atomic E-state index is 0.00543. The molecule has 2 aliphatic rings. The number of hydrogen-bond donors (Lipinski definition) is 0. The number of ether oxygens (including phenoxy) is 3. The zero-order chi connectivity index (χ0) is 16.4. The Morgan fingerprint density at radius 3 is 2.79 bits per heavy atom. The van der Waals surface area contributed by atoms with Gasteiger partial charge in [-0.1, -0.05) is 6.07 Å². The Morgan fingerprint density at radius 1 is 1.21 bits per heavy atom. The van der Waals surface area contributed by atoms with Crippen LogP contribution in [0.1, 0.15) is 12.8 Å². The van der Waals surface area contributed by atoms with Gasteiger partial charge in [-0.25, -0.2) is 0 Å². The van der Waals surface area contributed by atoms with E-state index in [-0.39, 0.29) is 12.5 Å². The van der Waals surface area contributed by atoms with Gasteiger partial charge in [0.2, 0.25) is 0 Å². The fourth-order valence-electron chi connectivity index (χ4n) is 3.26. The second kappa shape index (κ2) is 6.37. The van der Waals surface area contributed by atoms with Crippen LogP contribution in [0.25, 0.3) is 10.9 Å². The van der Waals surface area contributed by atoms with Crippen LogP contribution in [0.3, 0.4) is 0 Å². The minimum Gasteiger partial charge on any atom is -0.484 e. The summed E-state index contributed by atoms with van der Waals surface area (Å²) < 4.78 is 17.0. The van der Waals surface area contributed by atoms with Gasteiger partial charge >= 0.3 is 0 Å². The third-order valence-electron chi connectivity index (χ3n) is 4.63. The summed E-state index contributed by atoms with van der Waals surface area (Å²) in [5, 5.41) is 0.998. The lowest BCUT2D eigenvalue weighted by Crippen LogP contribution is -2.48. The number of piperidine rings is 1. The van der Waals surface area contributed by atoms with Crippen LogP contribution in [0.5, 0.6) is 5.75 Å². The summed E-state index contributed by atoms with van der Waals surface area (Å²) in [6.45, 7) is 2.62. The third-order valence-corrected chi connectivity index (χ3v) is 4.63. The molecule has 1 aromatic heterocycles. The van der Waals surface area contributed by atoms with E-state index in [0.717, 1.165) is 23.7 Å². The summed E-state index contributed by atoms with van der Waals surface area (Å²) in [4.78, 5) is 18.4. The Bertz CT molecular complexity index is 733. The number of rotatable bonds is 3. The lowest BCUT2D eigenvalue weighted by Gasteiger charge is -2.37. The number of amides is 1. The van der Waals surface area contributed by atoms with E-state index < -0.39 is 5.79 Å². The van der Waals surface area contributed by atoms with Crippen molar-refractivity contribution in [2.45, 2.75) is 18.6 Å². The van der Waals surface area contributed by atoms with Crippen LogP contribution in [0.2, 0.25) is 0 Å². The molecule has 2 aliphatic heterocycles. The van der Waals surface area contributed by atoms with E-state index in [1.54, 1.807) is 6.20 Å². The molecule has 0 unspecified atom stereocenters. The molecule has 0 atom stereocenters. The number of carbonyl (C=O) groups is 1. The highest BCUT2D eigenvalue weighted by Crippen LogP contribution is 2.31. The zero-order valence-electron chi connectivity index (χ0n) is 13.4. The molecule has 1 spiro atoms. The van der Waals surface area contributed by atoms with Gasteiger partial charge in [0.05, 0.1) is 18.7 Å². The van der Waals surface area contributed by atoms with Gasteiger partial charge in [0.15, 0.2) is 12.4 Å². The quantitative estimate of drug-likeness (QED) is 0.862. The standard InChI is InChI=1S/C18H20N2O4/c21-17(20-8-5-18(6-9-20)23-10-11-24-18)13-22-15-3-4-16-14(12-15)2-1-7-19-16/h1-4,7,12H,5-6,8-11,13H2. The maximum absolute atomic E-state index is 12.3. The Labute approximate surface area is 140 Å². The normalized spacial score (nSPS) is 19.8. The number of hydrogen-bond acceptors (Lipinski definition) is 5. The molecule has 6 nitrogen and oxygen atoms in total.